The summed E-state index contributed by atoms with van der Waals surface area (Å²) in [6, 6.07) is 4.70. The van der Waals surface area contributed by atoms with Crippen molar-refractivity contribution in [3.8, 4) is 0 Å². The first-order valence-electron chi connectivity index (χ1n) is 5.82. The van der Waals surface area contributed by atoms with Gasteiger partial charge in [0.1, 0.15) is 11.6 Å². The van der Waals surface area contributed by atoms with Crippen LogP contribution < -0.4 is 0 Å². The zero-order valence-electron chi connectivity index (χ0n) is 9.71. The van der Waals surface area contributed by atoms with Crippen LogP contribution in [0, 0.1) is 11.2 Å². The predicted octanol–water partition coefficient (Wildman–Crippen LogP) is 3.71. The molecule has 1 saturated carbocycles. The lowest BCUT2D eigenvalue weighted by molar-refractivity contribution is 0.464. The zero-order chi connectivity index (χ0) is 12.0. The molecule has 90 valence electrons. The number of halogens is 2. The van der Waals surface area contributed by atoms with E-state index in [1.807, 2.05) is 0 Å². The Labute approximate surface area is 104 Å². The molecule has 17 heavy (non-hydrogen) atoms. The van der Waals surface area contributed by atoms with Crippen molar-refractivity contribution in [1.82, 2.24) is 9.55 Å². The van der Waals surface area contributed by atoms with E-state index in [9.17, 15) is 4.39 Å². The fourth-order valence-electron chi connectivity index (χ4n) is 2.18. The second-order valence-electron chi connectivity index (χ2n) is 5.19. The van der Waals surface area contributed by atoms with Crippen LogP contribution in [0.5, 0.6) is 0 Å². The van der Waals surface area contributed by atoms with E-state index in [1.165, 1.54) is 18.9 Å². The van der Waals surface area contributed by atoms with Gasteiger partial charge < -0.3 is 4.57 Å². The minimum Gasteiger partial charge on any atom is -0.326 e. The van der Waals surface area contributed by atoms with Gasteiger partial charge in [0.15, 0.2) is 0 Å². The van der Waals surface area contributed by atoms with Crippen LogP contribution in [-0.4, -0.2) is 9.55 Å². The summed E-state index contributed by atoms with van der Waals surface area (Å²) in [5.41, 5.74) is 2.03. The number of aromatic nitrogens is 2. The molecule has 0 N–H and O–H groups in total. The van der Waals surface area contributed by atoms with Gasteiger partial charge in [-0.15, -0.1) is 11.6 Å². The van der Waals surface area contributed by atoms with Crippen LogP contribution in [-0.2, 0) is 12.4 Å². The largest absolute Gasteiger partial charge is 0.326 e. The Hall–Kier alpha value is -1.09. The van der Waals surface area contributed by atoms with Gasteiger partial charge in [-0.05, 0) is 36.5 Å². The van der Waals surface area contributed by atoms with Gasteiger partial charge >= 0.3 is 0 Å². The van der Waals surface area contributed by atoms with Crippen LogP contribution in [0.25, 0.3) is 11.0 Å². The maximum Gasteiger partial charge on any atom is 0.125 e. The number of hydrogen-bond acceptors (Lipinski definition) is 1. The summed E-state index contributed by atoms with van der Waals surface area (Å²) in [5, 5.41) is 0. The number of alkyl halides is 1. The first-order valence-corrected chi connectivity index (χ1v) is 6.35. The molecule has 0 unspecified atom stereocenters. The average Bonchev–Trinajstić information content (AvgIpc) is 2.93. The first kappa shape index (κ1) is 11.0. The van der Waals surface area contributed by atoms with E-state index >= 15 is 0 Å². The van der Waals surface area contributed by atoms with E-state index in [0.29, 0.717) is 11.3 Å². The molecule has 0 spiro atoms. The van der Waals surface area contributed by atoms with Gasteiger partial charge in [-0.25, -0.2) is 9.37 Å². The highest BCUT2D eigenvalue weighted by atomic mass is 35.5. The molecule has 1 heterocycles. The molecule has 1 aliphatic rings. The maximum absolute atomic E-state index is 13.3. The van der Waals surface area contributed by atoms with Gasteiger partial charge in [0.25, 0.3) is 0 Å². The van der Waals surface area contributed by atoms with Crippen molar-refractivity contribution in [2.45, 2.75) is 32.2 Å². The zero-order valence-corrected chi connectivity index (χ0v) is 10.5. The lowest BCUT2D eigenvalue weighted by Crippen LogP contribution is -2.10. The molecule has 0 amide bonds. The van der Waals surface area contributed by atoms with E-state index in [0.717, 1.165) is 23.4 Å². The smallest absolute Gasteiger partial charge is 0.125 e. The van der Waals surface area contributed by atoms with Gasteiger partial charge in [-0.2, -0.15) is 0 Å². The molecule has 2 aromatic rings. The van der Waals surface area contributed by atoms with E-state index in [2.05, 4.69) is 16.5 Å². The Morgan fingerprint density at radius 3 is 2.88 bits per heavy atom. The normalized spacial score (nSPS) is 17.6. The Balaban J connectivity index is 2.14. The highest BCUT2D eigenvalue weighted by Gasteiger charge is 2.38. The van der Waals surface area contributed by atoms with Gasteiger partial charge in [0, 0.05) is 6.54 Å². The highest BCUT2D eigenvalue weighted by Crippen LogP contribution is 2.47. The van der Waals surface area contributed by atoms with Crippen molar-refractivity contribution in [2.24, 2.45) is 5.41 Å². The minimum atomic E-state index is -0.222. The Morgan fingerprint density at radius 2 is 2.24 bits per heavy atom. The fourth-order valence-corrected chi connectivity index (χ4v) is 2.38. The molecular formula is C13H14ClFN2. The van der Waals surface area contributed by atoms with E-state index in [1.54, 1.807) is 12.1 Å². The second-order valence-corrected chi connectivity index (χ2v) is 5.46. The number of nitrogens with zero attached hydrogens (tertiary/aromatic N) is 2. The van der Waals surface area contributed by atoms with Gasteiger partial charge in [0.2, 0.25) is 0 Å². The molecule has 1 fully saturated rings. The molecule has 0 saturated heterocycles. The molecule has 2 nitrogen and oxygen atoms in total. The molecule has 3 rings (SSSR count). The van der Waals surface area contributed by atoms with Gasteiger partial charge in [-0.3, -0.25) is 0 Å². The molecule has 1 aromatic carbocycles. The monoisotopic (exact) mass is 252 g/mol. The Morgan fingerprint density at radius 1 is 1.47 bits per heavy atom. The van der Waals surface area contributed by atoms with Crippen LogP contribution in [0.3, 0.4) is 0 Å². The van der Waals surface area contributed by atoms with Crippen LogP contribution in [0.15, 0.2) is 18.2 Å². The standard InChI is InChI=1S/C13H14ClFN2/c1-13(4-5-13)8-17-11-6-9(15)2-3-10(11)16-12(17)7-14/h2-3,6H,4-5,7-8H2,1H3. The number of hydrogen-bond donors (Lipinski definition) is 0. The third-order valence-corrected chi connectivity index (χ3v) is 3.79. The topological polar surface area (TPSA) is 17.8 Å². The highest BCUT2D eigenvalue weighted by molar-refractivity contribution is 6.16. The summed E-state index contributed by atoms with van der Waals surface area (Å²) in [5.74, 6) is 0.980. The van der Waals surface area contributed by atoms with E-state index in [-0.39, 0.29) is 5.82 Å². The summed E-state index contributed by atoms with van der Waals surface area (Å²) in [6.07, 6.45) is 2.45. The quantitative estimate of drug-likeness (QED) is 0.762. The van der Waals surface area contributed by atoms with Crippen molar-refractivity contribution in [2.75, 3.05) is 0 Å². The number of rotatable bonds is 3. The summed E-state index contributed by atoms with van der Waals surface area (Å²) < 4.78 is 15.4. The fraction of sp³-hybridized carbons (Fsp3) is 0.462. The number of benzene rings is 1. The number of imidazole rings is 1. The predicted molar refractivity (Wildman–Crippen MR) is 66.6 cm³/mol. The molecule has 4 heteroatoms. The van der Waals surface area contributed by atoms with Crippen LogP contribution >= 0.6 is 11.6 Å². The molecule has 1 aliphatic carbocycles. The van der Waals surface area contributed by atoms with Crippen LogP contribution in [0.4, 0.5) is 4.39 Å². The SMILES string of the molecule is CC1(Cn2c(CCl)nc3ccc(F)cc32)CC1. The second kappa shape index (κ2) is 3.70. The van der Waals surface area contributed by atoms with Crippen molar-refractivity contribution >= 4 is 22.6 Å². The van der Waals surface area contributed by atoms with Gasteiger partial charge in [0.05, 0.1) is 16.9 Å². The lowest BCUT2D eigenvalue weighted by atomic mass is 10.1. The molecule has 0 radical (unpaired) electrons. The summed E-state index contributed by atoms with van der Waals surface area (Å²) in [4.78, 5) is 4.45. The van der Waals surface area contributed by atoms with Crippen molar-refractivity contribution < 1.29 is 4.39 Å². The van der Waals surface area contributed by atoms with E-state index < -0.39 is 0 Å². The van der Waals surface area contributed by atoms with Gasteiger partial charge in [-0.1, -0.05) is 6.92 Å². The molecule has 0 bridgehead atoms. The van der Waals surface area contributed by atoms with Crippen molar-refractivity contribution in [3.63, 3.8) is 0 Å². The van der Waals surface area contributed by atoms with Crippen molar-refractivity contribution in [3.05, 3.63) is 29.8 Å². The molecule has 1 aromatic heterocycles. The summed E-state index contributed by atoms with van der Waals surface area (Å²) >= 11 is 5.92. The minimum absolute atomic E-state index is 0.222. The third-order valence-electron chi connectivity index (χ3n) is 3.55. The van der Waals surface area contributed by atoms with Crippen LogP contribution in [0.2, 0.25) is 0 Å². The maximum atomic E-state index is 13.3. The summed E-state index contributed by atoms with van der Waals surface area (Å²) in [7, 11) is 0. The Bertz CT molecular complexity index is 572. The van der Waals surface area contributed by atoms with Crippen molar-refractivity contribution in [1.29, 1.82) is 0 Å². The Kier molecular flexibility index (Phi) is 2.40. The average molecular weight is 253 g/mol. The third kappa shape index (κ3) is 1.93. The lowest BCUT2D eigenvalue weighted by Gasteiger charge is -2.12. The molecular weight excluding hydrogens is 239 g/mol. The molecule has 0 aliphatic heterocycles. The summed E-state index contributed by atoms with van der Waals surface area (Å²) in [6.45, 7) is 3.13. The molecule has 0 atom stereocenters. The van der Waals surface area contributed by atoms with E-state index in [4.69, 9.17) is 11.6 Å². The number of fused-ring (bicyclic) bond motifs is 1. The first-order chi connectivity index (χ1) is 8.11. The van der Waals surface area contributed by atoms with Crippen LogP contribution in [0.1, 0.15) is 25.6 Å².